The molecule has 0 atom stereocenters. The Balaban J connectivity index is 2.03. The van der Waals surface area contributed by atoms with Crippen LogP contribution in [0.15, 0.2) is 30.3 Å². The zero-order chi connectivity index (χ0) is 15.1. The van der Waals surface area contributed by atoms with Crippen LogP contribution in [0.2, 0.25) is 0 Å². The monoisotopic (exact) mass is 311 g/mol. The Morgan fingerprint density at radius 2 is 1.71 bits per heavy atom. The van der Waals surface area contributed by atoms with Crippen LogP contribution in [-0.2, 0) is 16.6 Å². The van der Waals surface area contributed by atoms with Gasteiger partial charge < -0.3 is 5.73 Å². The second-order valence-corrected chi connectivity index (χ2v) is 7.32. The number of nitrogens with two attached hydrogens (primary N) is 1. The molecular formula is C15H25N3O2S. The molecule has 2 rings (SSSR count). The highest BCUT2D eigenvalue weighted by molar-refractivity contribution is 7.86. The maximum Gasteiger partial charge on any atom is 0.282 e. The molecule has 1 aromatic rings. The molecule has 1 heterocycles. The molecule has 0 unspecified atom stereocenters. The van der Waals surface area contributed by atoms with Crippen LogP contribution < -0.4 is 5.73 Å². The van der Waals surface area contributed by atoms with Gasteiger partial charge >= 0.3 is 0 Å². The van der Waals surface area contributed by atoms with Crippen LogP contribution in [0.25, 0.3) is 0 Å². The Hall–Kier alpha value is -0.950. The van der Waals surface area contributed by atoms with Crippen LogP contribution in [0.4, 0.5) is 0 Å². The predicted octanol–water partition coefficient (Wildman–Crippen LogP) is 1.22. The van der Waals surface area contributed by atoms with E-state index in [0.29, 0.717) is 39.1 Å². The van der Waals surface area contributed by atoms with Gasteiger partial charge in [0.1, 0.15) is 0 Å². The minimum Gasteiger partial charge on any atom is -0.329 e. The van der Waals surface area contributed by atoms with Gasteiger partial charge in [0, 0.05) is 32.7 Å². The van der Waals surface area contributed by atoms with E-state index >= 15 is 0 Å². The minimum atomic E-state index is -3.37. The van der Waals surface area contributed by atoms with Crippen molar-refractivity contribution in [3.8, 4) is 0 Å². The molecule has 1 aliphatic heterocycles. The maximum atomic E-state index is 12.7. The second-order valence-electron chi connectivity index (χ2n) is 5.39. The van der Waals surface area contributed by atoms with E-state index in [2.05, 4.69) is 0 Å². The molecule has 1 aromatic carbocycles. The fourth-order valence-corrected chi connectivity index (χ4v) is 4.35. The Labute approximate surface area is 127 Å². The van der Waals surface area contributed by atoms with Gasteiger partial charge in [0.05, 0.1) is 0 Å². The van der Waals surface area contributed by atoms with Gasteiger partial charge in [-0.25, -0.2) is 0 Å². The summed E-state index contributed by atoms with van der Waals surface area (Å²) in [6, 6.07) is 9.96. The third kappa shape index (κ3) is 4.51. The topological polar surface area (TPSA) is 66.6 Å². The third-order valence-electron chi connectivity index (χ3n) is 3.84. The van der Waals surface area contributed by atoms with E-state index in [-0.39, 0.29) is 0 Å². The largest absolute Gasteiger partial charge is 0.329 e. The van der Waals surface area contributed by atoms with Gasteiger partial charge in [-0.05, 0) is 24.8 Å². The first-order valence-electron chi connectivity index (χ1n) is 7.64. The summed E-state index contributed by atoms with van der Waals surface area (Å²) in [5.41, 5.74) is 6.75. The molecule has 6 heteroatoms. The molecule has 1 saturated heterocycles. The molecule has 0 amide bonds. The molecule has 1 aliphatic rings. The number of hydrogen-bond acceptors (Lipinski definition) is 3. The molecular weight excluding hydrogens is 286 g/mol. The maximum absolute atomic E-state index is 12.7. The zero-order valence-corrected chi connectivity index (χ0v) is 13.3. The van der Waals surface area contributed by atoms with Crippen molar-refractivity contribution in [1.29, 1.82) is 0 Å². The fourth-order valence-electron chi connectivity index (χ4n) is 2.64. The molecule has 21 heavy (non-hydrogen) atoms. The highest BCUT2D eigenvalue weighted by atomic mass is 32.2. The van der Waals surface area contributed by atoms with Crippen molar-refractivity contribution in [2.75, 3.05) is 32.7 Å². The SMILES string of the molecule is NCCN(CCc1ccccc1)S(=O)(=O)N1CCCCC1. The average molecular weight is 311 g/mol. The quantitative estimate of drug-likeness (QED) is 0.823. The van der Waals surface area contributed by atoms with Crippen molar-refractivity contribution in [2.24, 2.45) is 5.73 Å². The van der Waals surface area contributed by atoms with Crippen LogP contribution in [0, 0.1) is 0 Å². The standard InChI is InChI=1S/C15H25N3O2S/c16-10-14-18(13-9-15-7-3-1-4-8-15)21(19,20)17-11-5-2-6-12-17/h1,3-4,7-8H,2,5-6,9-14,16H2. The summed E-state index contributed by atoms with van der Waals surface area (Å²) >= 11 is 0. The summed E-state index contributed by atoms with van der Waals surface area (Å²) in [6.07, 6.45) is 3.74. The van der Waals surface area contributed by atoms with Crippen LogP contribution in [0.5, 0.6) is 0 Å². The Kier molecular flexibility index (Phi) is 6.17. The van der Waals surface area contributed by atoms with Crippen LogP contribution in [0.3, 0.4) is 0 Å². The second kappa shape index (κ2) is 7.89. The molecule has 0 saturated carbocycles. The molecule has 1 fully saturated rings. The normalized spacial score (nSPS) is 17.2. The van der Waals surface area contributed by atoms with Crippen molar-refractivity contribution in [3.05, 3.63) is 35.9 Å². The van der Waals surface area contributed by atoms with Crippen molar-refractivity contribution in [2.45, 2.75) is 25.7 Å². The van der Waals surface area contributed by atoms with E-state index in [1.165, 1.54) is 4.31 Å². The van der Waals surface area contributed by atoms with E-state index < -0.39 is 10.2 Å². The van der Waals surface area contributed by atoms with Gasteiger partial charge in [0.25, 0.3) is 10.2 Å². The summed E-state index contributed by atoms with van der Waals surface area (Å²) in [6.45, 7) is 2.48. The minimum absolute atomic E-state index is 0.349. The lowest BCUT2D eigenvalue weighted by Crippen LogP contribution is -2.48. The number of rotatable bonds is 7. The highest BCUT2D eigenvalue weighted by Crippen LogP contribution is 2.16. The number of hydrogen-bond donors (Lipinski definition) is 1. The average Bonchev–Trinajstić information content (AvgIpc) is 2.53. The molecule has 0 radical (unpaired) electrons. The van der Waals surface area contributed by atoms with Gasteiger partial charge in [-0.1, -0.05) is 36.8 Å². The van der Waals surface area contributed by atoms with Gasteiger partial charge in [0.15, 0.2) is 0 Å². The van der Waals surface area contributed by atoms with E-state index in [1.807, 2.05) is 30.3 Å². The number of benzene rings is 1. The van der Waals surface area contributed by atoms with Crippen LogP contribution >= 0.6 is 0 Å². The van der Waals surface area contributed by atoms with Crippen LogP contribution in [0.1, 0.15) is 24.8 Å². The summed E-state index contributed by atoms with van der Waals surface area (Å²) < 4.78 is 28.5. The Morgan fingerprint density at radius 3 is 2.33 bits per heavy atom. The lowest BCUT2D eigenvalue weighted by molar-refractivity contribution is 0.304. The lowest BCUT2D eigenvalue weighted by atomic mass is 10.1. The predicted molar refractivity (Wildman–Crippen MR) is 85.1 cm³/mol. The van der Waals surface area contributed by atoms with E-state index in [4.69, 9.17) is 5.73 Å². The van der Waals surface area contributed by atoms with Gasteiger partial charge in [-0.15, -0.1) is 0 Å². The molecule has 2 N–H and O–H groups in total. The Bertz CT molecular complexity index is 513. The summed E-state index contributed by atoms with van der Waals surface area (Å²) in [5, 5.41) is 0. The fraction of sp³-hybridized carbons (Fsp3) is 0.600. The van der Waals surface area contributed by atoms with Crippen molar-refractivity contribution >= 4 is 10.2 Å². The number of nitrogens with zero attached hydrogens (tertiary/aromatic N) is 2. The summed E-state index contributed by atoms with van der Waals surface area (Å²) in [4.78, 5) is 0. The van der Waals surface area contributed by atoms with E-state index in [9.17, 15) is 8.42 Å². The third-order valence-corrected chi connectivity index (χ3v) is 5.87. The van der Waals surface area contributed by atoms with Crippen molar-refractivity contribution < 1.29 is 8.42 Å². The molecule has 0 aliphatic carbocycles. The first-order chi connectivity index (χ1) is 10.1. The molecule has 0 spiro atoms. The van der Waals surface area contributed by atoms with Crippen molar-refractivity contribution in [3.63, 3.8) is 0 Å². The molecule has 5 nitrogen and oxygen atoms in total. The molecule has 0 aromatic heterocycles. The van der Waals surface area contributed by atoms with Gasteiger partial charge in [-0.2, -0.15) is 17.0 Å². The smallest absolute Gasteiger partial charge is 0.282 e. The highest BCUT2D eigenvalue weighted by Gasteiger charge is 2.29. The molecule has 118 valence electrons. The molecule has 0 bridgehead atoms. The first kappa shape index (κ1) is 16.4. The Morgan fingerprint density at radius 1 is 1.05 bits per heavy atom. The zero-order valence-electron chi connectivity index (χ0n) is 12.4. The van der Waals surface area contributed by atoms with Crippen molar-refractivity contribution in [1.82, 2.24) is 8.61 Å². The summed E-state index contributed by atoms with van der Waals surface area (Å²) in [5.74, 6) is 0. The summed E-state index contributed by atoms with van der Waals surface area (Å²) in [7, 11) is -3.37. The van der Waals surface area contributed by atoms with Crippen LogP contribution in [-0.4, -0.2) is 49.8 Å². The van der Waals surface area contributed by atoms with E-state index in [1.54, 1.807) is 4.31 Å². The van der Waals surface area contributed by atoms with Gasteiger partial charge in [0.2, 0.25) is 0 Å². The van der Waals surface area contributed by atoms with Gasteiger partial charge in [-0.3, -0.25) is 0 Å². The lowest BCUT2D eigenvalue weighted by Gasteiger charge is -2.32. The first-order valence-corrected chi connectivity index (χ1v) is 9.03. The van der Waals surface area contributed by atoms with E-state index in [0.717, 1.165) is 24.8 Å². The number of piperidine rings is 1.